The lowest BCUT2D eigenvalue weighted by molar-refractivity contribution is -0.137. The summed E-state index contributed by atoms with van der Waals surface area (Å²) in [5.74, 6) is 4.55. The molecule has 2 aromatic carbocycles. The Labute approximate surface area is 172 Å². The molecule has 1 heterocycles. The lowest BCUT2D eigenvalue weighted by Crippen LogP contribution is -2.50. The van der Waals surface area contributed by atoms with Crippen LogP contribution in [0.2, 0.25) is 0 Å². The first-order valence-electron chi connectivity index (χ1n) is 9.20. The predicted octanol–water partition coefficient (Wildman–Crippen LogP) is 3.05. The van der Waals surface area contributed by atoms with Gasteiger partial charge in [-0.25, -0.2) is 0 Å². The Balaban J connectivity index is 1.61. The highest BCUT2D eigenvalue weighted by molar-refractivity contribution is 5.96. The maximum Gasteiger partial charge on any atom is 0.417 e. The standard InChI is InChI=1S/C22H19F3N2O3/c1-30-18-9-6-17(7-10-18)21(29)27-14-12-26(13-15-27)20(28)11-8-16-4-2-3-5-19(16)22(23,24)25/h2-7,9-10H,12-15H2,1H3. The third-order valence-corrected chi connectivity index (χ3v) is 4.73. The second-order valence-corrected chi connectivity index (χ2v) is 6.61. The number of alkyl halides is 3. The summed E-state index contributed by atoms with van der Waals surface area (Å²) in [5.41, 5.74) is -0.606. The number of rotatable bonds is 2. The van der Waals surface area contributed by atoms with Crippen LogP contribution in [0.3, 0.4) is 0 Å². The largest absolute Gasteiger partial charge is 0.497 e. The summed E-state index contributed by atoms with van der Waals surface area (Å²) >= 11 is 0. The van der Waals surface area contributed by atoms with Gasteiger partial charge in [-0.2, -0.15) is 13.2 Å². The summed E-state index contributed by atoms with van der Waals surface area (Å²) in [6, 6.07) is 11.6. The average Bonchev–Trinajstić information content (AvgIpc) is 2.76. The van der Waals surface area contributed by atoms with Crippen LogP contribution < -0.4 is 4.74 Å². The molecule has 2 aromatic rings. The van der Waals surface area contributed by atoms with Crippen LogP contribution in [0.4, 0.5) is 13.2 Å². The second-order valence-electron chi connectivity index (χ2n) is 6.61. The minimum atomic E-state index is -4.54. The summed E-state index contributed by atoms with van der Waals surface area (Å²) in [6.45, 7) is 1.15. The highest BCUT2D eigenvalue weighted by Gasteiger charge is 2.32. The Morgan fingerprint density at radius 3 is 2.13 bits per heavy atom. The zero-order valence-electron chi connectivity index (χ0n) is 16.2. The first-order chi connectivity index (χ1) is 14.3. The summed E-state index contributed by atoms with van der Waals surface area (Å²) in [4.78, 5) is 27.9. The van der Waals surface area contributed by atoms with Crippen LogP contribution in [-0.2, 0) is 11.0 Å². The summed E-state index contributed by atoms with van der Waals surface area (Å²) < 4.78 is 44.1. The van der Waals surface area contributed by atoms with E-state index in [1.165, 1.54) is 30.2 Å². The molecule has 5 nitrogen and oxygen atoms in total. The van der Waals surface area contributed by atoms with E-state index in [0.29, 0.717) is 24.4 Å². The molecule has 2 amide bonds. The molecule has 1 aliphatic heterocycles. The lowest BCUT2D eigenvalue weighted by Gasteiger charge is -2.33. The van der Waals surface area contributed by atoms with Gasteiger partial charge in [-0.15, -0.1) is 0 Å². The lowest BCUT2D eigenvalue weighted by atomic mass is 10.1. The molecule has 0 bridgehead atoms. The van der Waals surface area contributed by atoms with Crippen molar-refractivity contribution in [2.24, 2.45) is 0 Å². The molecule has 1 saturated heterocycles. The number of benzene rings is 2. The van der Waals surface area contributed by atoms with E-state index in [4.69, 9.17) is 4.74 Å². The van der Waals surface area contributed by atoms with Gasteiger partial charge in [0.2, 0.25) is 0 Å². The van der Waals surface area contributed by atoms with Crippen LogP contribution in [-0.4, -0.2) is 54.9 Å². The van der Waals surface area contributed by atoms with Gasteiger partial charge in [-0.1, -0.05) is 18.1 Å². The summed E-state index contributed by atoms with van der Waals surface area (Å²) in [6.07, 6.45) is -4.54. The number of nitrogens with zero attached hydrogens (tertiary/aromatic N) is 2. The van der Waals surface area contributed by atoms with Crippen molar-refractivity contribution in [2.45, 2.75) is 6.18 Å². The molecule has 0 aliphatic carbocycles. The third-order valence-electron chi connectivity index (χ3n) is 4.73. The molecule has 1 fully saturated rings. The van der Waals surface area contributed by atoms with Gasteiger partial charge in [0, 0.05) is 43.2 Å². The predicted molar refractivity (Wildman–Crippen MR) is 104 cm³/mol. The van der Waals surface area contributed by atoms with E-state index >= 15 is 0 Å². The Kier molecular flexibility index (Phi) is 6.31. The molecule has 1 aliphatic rings. The maximum absolute atomic E-state index is 13.0. The number of carbonyl (C=O) groups is 2. The molecular formula is C22H19F3N2O3. The summed E-state index contributed by atoms with van der Waals surface area (Å²) in [5, 5.41) is 0. The first kappa shape index (κ1) is 21.2. The normalized spacial score (nSPS) is 14.0. The minimum Gasteiger partial charge on any atom is -0.497 e. The van der Waals surface area contributed by atoms with Gasteiger partial charge in [-0.3, -0.25) is 9.59 Å². The van der Waals surface area contributed by atoms with Crippen molar-refractivity contribution < 1.29 is 27.5 Å². The van der Waals surface area contributed by atoms with E-state index in [0.717, 1.165) is 6.07 Å². The van der Waals surface area contributed by atoms with Crippen molar-refractivity contribution in [3.8, 4) is 17.6 Å². The van der Waals surface area contributed by atoms with Crippen molar-refractivity contribution in [1.82, 2.24) is 9.80 Å². The topological polar surface area (TPSA) is 49.9 Å². The number of hydrogen-bond donors (Lipinski definition) is 0. The van der Waals surface area contributed by atoms with E-state index in [-0.39, 0.29) is 24.6 Å². The van der Waals surface area contributed by atoms with E-state index in [1.807, 2.05) is 0 Å². The molecule has 156 valence electrons. The quantitative estimate of drug-likeness (QED) is 0.708. The zero-order chi connectivity index (χ0) is 21.7. The average molecular weight is 416 g/mol. The number of methoxy groups -OCH3 is 1. The van der Waals surface area contributed by atoms with Crippen LogP contribution >= 0.6 is 0 Å². The van der Waals surface area contributed by atoms with Gasteiger partial charge in [0.15, 0.2) is 0 Å². The molecule has 0 spiro atoms. The van der Waals surface area contributed by atoms with Gasteiger partial charge in [-0.05, 0) is 36.4 Å². The van der Waals surface area contributed by atoms with Crippen LogP contribution in [0.25, 0.3) is 0 Å². The molecule has 30 heavy (non-hydrogen) atoms. The Bertz CT molecular complexity index is 983. The van der Waals surface area contributed by atoms with Gasteiger partial charge in [0.25, 0.3) is 11.8 Å². The fourth-order valence-electron chi connectivity index (χ4n) is 3.07. The zero-order valence-corrected chi connectivity index (χ0v) is 16.2. The van der Waals surface area contributed by atoms with Gasteiger partial charge in [0.1, 0.15) is 5.75 Å². The monoisotopic (exact) mass is 416 g/mol. The molecule has 0 radical (unpaired) electrons. The highest BCUT2D eigenvalue weighted by Crippen LogP contribution is 2.31. The molecule has 3 rings (SSSR count). The second kappa shape index (κ2) is 8.91. The maximum atomic E-state index is 13.0. The number of piperazine rings is 1. The minimum absolute atomic E-state index is 0.157. The molecule has 0 saturated carbocycles. The Morgan fingerprint density at radius 1 is 0.933 bits per heavy atom. The molecule has 0 atom stereocenters. The molecule has 0 aromatic heterocycles. The third kappa shape index (κ3) is 4.92. The van der Waals surface area contributed by atoms with Crippen molar-refractivity contribution >= 4 is 11.8 Å². The van der Waals surface area contributed by atoms with Crippen molar-refractivity contribution in [3.63, 3.8) is 0 Å². The van der Waals surface area contributed by atoms with E-state index in [2.05, 4.69) is 11.8 Å². The van der Waals surface area contributed by atoms with E-state index < -0.39 is 17.6 Å². The van der Waals surface area contributed by atoms with Crippen molar-refractivity contribution in [2.75, 3.05) is 33.3 Å². The van der Waals surface area contributed by atoms with Gasteiger partial charge in [0.05, 0.1) is 12.7 Å². The van der Waals surface area contributed by atoms with Crippen LogP contribution in [0.1, 0.15) is 21.5 Å². The van der Waals surface area contributed by atoms with Crippen LogP contribution in [0.15, 0.2) is 48.5 Å². The van der Waals surface area contributed by atoms with Gasteiger partial charge < -0.3 is 14.5 Å². The van der Waals surface area contributed by atoms with E-state index in [1.54, 1.807) is 29.2 Å². The summed E-state index contributed by atoms with van der Waals surface area (Å²) in [7, 11) is 1.54. The fraction of sp³-hybridized carbons (Fsp3) is 0.273. The molecule has 8 heteroatoms. The number of ether oxygens (including phenoxy) is 1. The number of carbonyl (C=O) groups excluding carboxylic acids is 2. The van der Waals surface area contributed by atoms with Gasteiger partial charge >= 0.3 is 6.18 Å². The molecular weight excluding hydrogens is 397 g/mol. The number of halogens is 3. The van der Waals surface area contributed by atoms with Crippen LogP contribution in [0, 0.1) is 11.8 Å². The Morgan fingerprint density at radius 2 is 1.53 bits per heavy atom. The van der Waals surface area contributed by atoms with Crippen LogP contribution in [0.5, 0.6) is 5.75 Å². The van der Waals surface area contributed by atoms with Crippen molar-refractivity contribution in [3.05, 3.63) is 65.2 Å². The van der Waals surface area contributed by atoms with E-state index in [9.17, 15) is 22.8 Å². The highest BCUT2D eigenvalue weighted by atomic mass is 19.4. The Hall–Kier alpha value is -3.47. The van der Waals surface area contributed by atoms with Crippen molar-refractivity contribution in [1.29, 1.82) is 0 Å². The molecule has 0 unspecified atom stereocenters. The SMILES string of the molecule is COc1ccc(C(=O)N2CCN(C(=O)C#Cc3ccccc3C(F)(F)F)CC2)cc1. The first-order valence-corrected chi connectivity index (χ1v) is 9.20. The number of hydrogen-bond acceptors (Lipinski definition) is 3. The fourth-order valence-corrected chi connectivity index (χ4v) is 3.07. The molecule has 0 N–H and O–H groups in total. The smallest absolute Gasteiger partial charge is 0.417 e. The number of amides is 2.